The molecule has 96 valence electrons. The van der Waals surface area contributed by atoms with Crippen LogP contribution < -0.4 is 5.32 Å². The molecule has 0 spiro atoms. The molecule has 0 aromatic carbocycles. The number of nitrogens with zero attached hydrogens (tertiary/aromatic N) is 4. The van der Waals surface area contributed by atoms with Crippen LogP contribution in [0.4, 0.5) is 0 Å². The van der Waals surface area contributed by atoms with Crippen LogP contribution in [-0.4, -0.2) is 37.6 Å². The maximum absolute atomic E-state index is 10.6. The average molecular weight is 267 g/mol. The lowest BCUT2D eigenvalue weighted by atomic mass is 10.4. The summed E-state index contributed by atoms with van der Waals surface area (Å²) in [5.41, 5.74) is 0.979. The summed E-state index contributed by atoms with van der Waals surface area (Å²) in [5.74, 6) is -1.06. The number of nitrogens with one attached hydrogen (secondary N) is 1. The standard InChI is InChI=1S/C10H13N5O2S/c1-7-12-8(6-18-7)4-11-2-3-15-5-9(10(16)17)13-14-15/h5-6,11H,2-4H2,1H3,(H,16,17). The highest BCUT2D eigenvalue weighted by Gasteiger charge is 2.07. The van der Waals surface area contributed by atoms with E-state index < -0.39 is 5.97 Å². The van der Waals surface area contributed by atoms with Crippen molar-refractivity contribution in [1.29, 1.82) is 0 Å². The summed E-state index contributed by atoms with van der Waals surface area (Å²) in [7, 11) is 0. The fourth-order valence-corrected chi connectivity index (χ4v) is 2.02. The van der Waals surface area contributed by atoms with E-state index in [2.05, 4.69) is 20.6 Å². The van der Waals surface area contributed by atoms with Crippen LogP contribution in [-0.2, 0) is 13.1 Å². The molecule has 7 nitrogen and oxygen atoms in total. The Bertz CT molecular complexity index is 536. The van der Waals surface area contributed by atoms with Crippen LogP contribution in [0.15, 0.2) is 11.6 Å². The van der Waals surface area contributed by atoms with Crippen molar-refractivity contribution in [2.24, 2.45) is 0 Å². The normalized spacial score (nSPS) is 10.7. The molecule has 2 heterocycles. The lowest BCUT2D eigenvalue weighted by molar-refractivity contribution is 0.0690. The number of hydrogen-bond donors (Lipinski definition) is 2. The van der Waals surface area contributed by atoms with E-state index in [0.717, 1.165) is 10.7 Å². The lowest BCUT2D eigenvalue weighted by Gasteiger charge is -2.01. The second kappa shape index (κ2) is 5.69. The van der Waals surface area contributed by atoms with Gasteiger partial charge in [-0.2, -0.15) is 0 Å². The summed E-state index contributed by atoms with van der Waals surface area (Å²) in [6, 6.07) is 0. The molecular weight excluding hydrogens is 254 g/mol. The van der Waals surface area contributed by atoms with E-state index in [0.29, 0.717) is 19.6 Å². The van der Waals surface area contributed by atoms with Crippen molar-refractivity contribution in [2.75, 3.05) is 6.54 Å². The van der Waals surface area contributed by atoms with Gasteiger partial charge in [-0.3, -0.25) is 4.68 Å². The van der Waals surface area contributed by atoms with Gasteiger partial charge < -0.3 is 10.4 Å². The highest BCUT2D eigenvalue weighted by atomic mass is 32.1. The van der Waals surface area contributed by atoms with Crippen LogP contribution in [0.25, 0.3) is 0 Å². The van der Waals surface area contributed by atoms with Gasteiger partial charge in [0.1, 0.15) is 0 Å². The van der Waals surface area contributed by atoms with Crippen LogP contribution >= 0.6 is 11.3 Å². The molecular formula is C10H13N5O2S. The summed E-state index contributed by atoms with van der Waals surface area (Å²) in [6.45, 7) is 3.92. The number of aromatic nitrogens is 4. The van der Waals surface area contributed by atoms with Gasteiger partial charge in [0.25, 0.3) is 0 Å². The molecule has 18 heavy (non-hydrogen) atoms. The Balaban J connectivity index is 1.73. The molecule has 0 unspecified atom stereocenters. The van der Waals surface area contributed by atoms with Gasteiger partial charge in [-0.25, -0.2) is 9.78 Å². The zero-order valence-electron chi connectivity index (χ0n) is 9.83. The van der Waals surface area contributed by atoms with Gasteiger partial charge in [0.15, 0.2) is 5.69 Å². The van der Waals surface area contributed by atoms with Gasteiger partial charge in [0.2, 0.25) is 0 Å². The molecule has 0 fully saturated rings. The fourth-order valence-electron chi connectivity index (χ4n) is 1.41. The van der Waals surface area contributed by atoms with E-state index in [1.165, 1.54) is 10.9 Å². The summed E-state index contributed by atoms with van der Waals surface area (Å²) >= 11 is 1.62. The maximum atomic E-state index is 10.6. The summed E-state index contributed by atoms with van der Waals surface area (Å²) in [4.78, 5) is 14.9. The molecule has 2 N–H and O–H groups in total. The van der Waals surface area contributed by atoms with E-state index in [1.54, 1.807) is 11.3 Å². The molecule has 0 aliphatic carbocycles. The quantitative estimate of drug-likeness (QED) is 0.742. The van der Waals surface area contributed by atoms with E-state index >= 15 is 0 Å². The van der Waals surface area contributed by atoms with Crippen LogP contribution in [0.5, 0.6) is 0 Å². The Labute approximate surface area is 107 Å². The molecule has 2 aromatic heterocycles. The van der Waals surface area contributed by atoms with Crippen molar-refractivity contribution in [2.45, 2.75) is 20.0 Å². The number of rotatable bonds is 6. The Morgan fingerprint density at radius 1 is 1.61 bits per heavy atom. The molecule has 0 amide bonds. The molecule has 8 heteroatoms. The molecule has 2 rings (SSSR count). The summed E-state index contributed by atoms with van der Waals surface area (Å²) in [6.07, 6.45) is 1.41. The van der Waals surface area contributed by atoms with Gasteiger partial charge in [-0.05, 0) is 6.92 Å². The van der Waals surface area contributed by atoms with Gasteiger partial charge in [0.05, 0.1) is 23.4 Å². The van der Waals surface area contributed by atoms with E-state index in [-0.39, 0.29) is 5.69 Å². The highest BCUT2D eigenvalue weighted by Crippen LogP contribution is 2.06. The fraction of sp³-hybridized carbons (Fsp3) is 0.400. The molecule has 0 aliphatic rings. The first kappa shape index (κ1) is 12.7. The topological polar surface area (TPSA) is 92.9 Å². The minimum Gasteiger partial charge on any atom is -0.476 e. The Kier molecular flexibility index (Phi) is 4.00. The molecule has 0 saturated heterocycles. The molecule has 0 bridgehead atoms. The van der Waals surface area contributed by atoms with Gasteiger partial charge in [0, 0.05) is 18.5 Å². The zero-order chi connectivity index (χ0) is 13.0. The number of carbonyl (C=O) groups is 1. The number of carboxylic acid groups (broad SMARTS) is 1. The van der Waals surface area contributed by atoms with Gasteiger partial charge in [-0.1, -0.05) is 5.21 Å². The number of carboxylic acids is 1. The van der Waals surface area contributed by atoms with Gasteiger partial charge in [-0.15, -0.1) is 16.4 Å². The van der Waals surface area contributed by atoms with Crippen molar-refractivity contribution in [1.82, 2.24) is 25.3 Å². The van der Waals surface area contributed by atoms with Crippen molar-refractivity contribution in [3.63, 3.8) is 0 Å². The molecule has 0 atom stereocenters. The van der Waals surface area contributed by atoms with Crippen LogP contribution in [0.2, 0.25) is 0 Å². The number of aryl methyl sites for hydroxylation is 1. The molecule has 0 saturated carbocycles. The van der Waals surface area contributed by atoms with E-state index in [4.69, 9.17) is 5.11 Å². The average Bonchev–Trinajstić information content (AvgIpc) is 2.93. The second-order valence-corrected chi connectivity index (χ2v) is 4.77. The summed E-state index contributed by atoms with van der Waals surface area (Å²) < 4.78 is 1.50. The Hall–Kier alpha value is -1.80. The van der Waals surface area contributed by atoms with Crippen LogP contribution in [0.3, 0.4) is 0 Å². The first-order valence-corrected chi connectivity index (χ1v) is 6.28. The van der Waals surface area contributed by atoms with Crippen LogP contribution in [0, 0.1) is 6.92 Å². The number of aromatic carboxylic acids is 1. The van der Waals surface area contributed by atoms with Crippen LogP contribution in [0.1, 0.15) is 21.2 Å². The first-order valence-electron chi connectivity index (χ1n) is 5.40. The predicted octanol–water partition coefficient (Wildman–Crippen LogP) is 0.531. The third kappa shape index (κ3) is 3.34. The SMILES string of the molecule is Cc1nc(CNCCn2cc(C(=O)O)nn2)cs1. The van der Waals surface area contributed by atoms with Gasteiger partial charge >= 0.3 is 5.97 Å². The molecule has 0 radical (unpaired) electrons. The van der Waals surface area contributed by atoms with Crippen molar-refractivity contribution in [3.05, 3.63) is 28.0 Å². The maximum Gasteiger partial charge on any atom is 0.358 e. The number of thiazole rings is 1. The third-order valence-corrected chi connectivity index (χ3v) is 3.07. The molecule has 2 aromatic rings. The van der Waals surface area contributed by atoms with Crippen molar-refractivity contribution >= 4 is 17.3 Å². The highest BCUT2D eigenvalue weighted by molar-refractivity contribution is 7.09. The monoisotopic (exact) mass is 267 g/mol. The first-order chi connectivity index (χ1) is 8.65. The van der Waals surface area contributed by atoms with E-state index in [1.807, 2.05) is 12.3 Å². The van der Waals surface area contributed by atoms with Crippen molar-refractivity contribution in [3.8, 4) is 0 Å². The number of hydrogen-bond acceptors (Lipinski definition) is 6. The smallest absolute Gasteiger partial charge is 0.358 e. The summed E-state index contributed by atoms with van der Waals surface area (Å²) in [5, 5.41) is 22.2. The Morgan fingerprint density at radius 2 is 2.44 bits per heavy atom. The second-order valence-electron chi connectivity index (χ2n) is 3.71. The molecule has 0 aliphatic heterocycles. The minimum absolute atomic E-state index is 0.0369. The third-order valence-electron chi connectivity index (χ3n) is 2.25. The van der Waals surface area contributed by atoms with E-state index in [9.17, 15) is 4.79 Å². The Morgan fingerprint density at radius 3 is 3.06 bits per heavy atom. The predicted molar refractivity (Wildman–Crippen MR) is 65.5 cm³/mol. The lowest BCUT2D eigenvalue weighted by Crippen LogP contribution is -2.20. The largest absolute Gasteiger partial charge is 0.476 e. The zero-order valence-corrected chi connectivity index (χ0v) is 10.6. The van der Waals surface area contributed by atoms with Crippen molar-refractivity contribution < 1.29 is 9.90 Å². The minimum atomic E-state index is -1.06.